The third-order valence-electron chi connectivity index (χ3n) is 3.24. The summed E-state index contributed by atoms with van der Waals surface area (Å²) < 4.78 is 0.904. The maximum Gasteiger partial charge on any atom is 0.281 e. The lowest BCUT2D eigenvalue weighted by Gasteiger charge is -2.08. The highest BCUT2D eigenvalue weighted by atomic mass is 35.5. The summed E-state index contributed by atoms with van der Waals surface area (Å²) in [6.45, 7) is 0. The largest absolute Gasteiger partial charge is 0.398 e. The number of fused-ring (bicyclic) bond motifs is 1. The van der Waals surface area contributed by atoms with Crippen molar-refractivity contribution < 1.29 is 9.59 Å². The molecule has 5 nitrogen and oxygen atoms in total. The molecule has 0 radical (unpaired) electrons. The minimum Gasteiger partial charge on any atom is -0.398 e. The second kappa shape index (κ2) is 6.28. The van der Waals surface area contributed by atoms with Crippen LogP contribution in [0.1, 0.15) is 20.0 Å². The predicted octanol–water partition coefficient (Wildman–Crippen LogP) is 3.21. The van der Waals surface area contributed by atoms with Crippen molar-refractivity contribution in [1.82, 2.24) is 10.9 Å². The van der Waals surface area contributed by atoms with Crippen LogP contribution in [0.4, 0.5) is 5.69 Å². The van der Waals surface area contributed by atoms with Crippen LogP contribution < -0.4 is 16.6 Å². The lowest BCUT2D eigenvalue weighted by molar-refractivity contribution is 0.0849. The molecule has 0 saturated carbocycles. The van der Waals surface area contributed by atoms with Gasteiger partial charge in [-0.15, -0.1) is 11.3 Å². The molecular weight excluding hydrogens is 334 g/mol. The van der Waals surface area contributed by atoms with Crippen molar-refractivity contribution in [1.29, 1.82) is 0 Å². The minimum atomic E-state index is -0.492. The van der Waals surface area contributed by atoms with E-state index in [1.54, 1.807) is 24.3 Å². The normalized spacial score (nSPS) is 10.5. The molecule has 0 saturated heterocycles. The first kappa shape index (κ1) is 15.3. The Labute approximate surface area is 141 Å². The smallest absolute Gasteiger partial charge is 0.281 e. The van der Waals surface area contributed by atoms with Gasteiger partial charge in [-0.05, 0) is 18.2 Å². The van der Waals surface area contributed by atoms with E-state index in [2.05, 4.69) is 10.9 Å². The number of hydrazine groups is 1. The van der Waals surface area contributed by atoms with Gasteiger partial charge in [-0.3, -0.25) is 20.4 Å². The molecule has 0 bridgehead atoms. The number of carbonyl (C=O) groups excluding carboxylic acids is 2. The Balaban J connectivity index is 1.75. The first-order chi connectivity index (χ1) is 11.1. The van der Waals surface area contributed by atoms with Gasteiger partial charge in [-0.25, -0.2) is 0 Å². The number of thiophene rings is 1. The molecule has 1 aromatic heterocycles. The van der Waals surface area contributed by atoms with Crippen molar-refractivity contribution in [3.8, 4) is 0 Å². The van der Waals surface area contributed by atoms with Crippen molar-refractivity contribution in [3.63, 3.8) is 0 Å². The minimum absolute atomic E-state index is 0.287. The van der Waals surface area contributed by atoms with Gasteiger partial charge in [0.1, 0.15) is 4.88 Å². The zero-order valence-corrected chi connectivity index (χ0v) is 13.4. The zero-order chi connectivity index (χ0) is 16.4. The van der Waals surface area contributed by atoms with E-state index in [1.165, 1.54) is 11.3 Å². The molecule has 3 rings (SSSR count). The van der Waals surface area contributed by atoms with Gasteiger partial charge in [0.25, 0.3) is 11.8 Å². The Morgan fingerprint density at radius 2 is 1.61 bits per heavy atom. The van der Waals surface area contributed by atoms with E-state index in [1.807, 2.05) is 24.3 Å². The van der Waals surface area contributed by atoms with Gasteiger partial charge in [-0.2, -0.15) is 0 Å². The van der Waals surface area contributed by atoms with Crippen molar-refractivity contribution in [2.45, 2.75) is 0 Å². The summed E-state index contributed by atoms with van der Waals surface area (Å²) in [7, 11) is 0. The second-order valence-electron chi connectivity index (χ2n) is 4.74. The summed E-state index contributed by atoms with van der Waals surface area (Å²) in [5.74, 6) is -0.965. The highest BCUT2D eigenvalue weighted by molar-refractivity contribution is 7.21. The number of anilines is 1. The van der Waals surface area contributed by atoms with Crippen LogP contribution in [0.15, 0.2) is 48.5 Å². The van der Waals surface area contributed by atoms with Crippen molar-refractivity contribution in [3.05, 3.63) is 64.0 Å². The number of carbonyl (C=O) groups is 2. The molecule has 0 aliphatic carbocycles. The molecule has 7 heteroatoms. The van der Waals surface area contributed by atoms with E-state index in [0.717, 1.165) is 10.1 Å². The summed E-state index contributed by atoms with van der Waals surface area (Å²) >= 11 is 7.49. The summed E-state index contributed by atoms with van der Waals surface area (Å²) in [6.07, 6.45) is 0. The fourth-order valence-electron chi connectivity index (χ4n) is 2.10. The van der Waals surface area contributed by atoms with E-state index >= 15 is 0 Å². The van der Waals surface area contributed by atoms with E-state index in [4.69, 9.17) is 17.3 Å². The number of nitrogen functional groups attached to an aromatic ring is 1. The molecule has 0 fully saturated rings. The van der Waals surface area contributed by atoms with Gasteiger partial charge >= 0.3 is 0 Å². The number of hydrogen-bond donors (Lipinski definition) is 3. The zero-order valence-electron chi connectivity index (χ0n) is 11.8. The third-order valence-corrected chi connectivity index (χ3v) is 4.91. The van der Waals surface area contributed by atoms with E-state index < -0.39 is 11.8 Å². The Morgan fingerprint density at radius 1 is 0.957 bits per heavy atom. The summed E-state index contributed by atoms with van der Waals surface area (Å²) in [6, 6.07) is 14.0. The summed E-state index contributed by atoms with van der Waals surface area (Å²) in [4.78, 5) is 24.6. The lowest BCUT2D eigenvalue weighted by Crippen LogP contribution is -2.41. The summed E-state index contributed by atoms with van der Waals surface area (Å²) in [5, 5.41) is 1.18. The molecule has 4 N–H and O–H groups in total. The van der Waals surface area contributed by atoms with Crippen LogP contribution in [0.5, 0.6) is 0 Å². The molecule has 3 aromatic rings. The van der Waals surface area contributed by atoms with Crippen LogP contribution in [-0.4, -0.2) is 11.8 Å². The number of nitrogens with two attached hydrogens (primary N) is 1. The van der Waals surface area contributed by atoms with Gasteiger partial charge in [0.2, 0.25) is 0 Å². The van der Waals surface area contributed by atoms with Gasteiger partial charge in [0.05, 0.1) is 10.6 Å². The molecule has 116 valence electrons. The number of rotatable bonds is 2. The van der Waals surface area contributed by atoms with Crippen LogP contribution in [-0.2, 0) is 0 Å². The molecule has 0 aliphatic heterocycles. The topological polar surface area (TPSA) is 84.2 Å². The number of benzene rings is 2. The first-order valence-corrected chi connectivity index (χ1v) is 7.89. The quantitative estimate of drug-likeness (QED) is 0.492. The molecule has 0 unspecified atom stereocenters. The monoisotopic (exact) mass is 345 g/mol. The average molecular weight is 346 g/mol. The fourth-order valence-corrected chi connectivity index (χ4v) is 3.51. The van der Waals surface area contributed by atoms with Crippen LogP contribution >= 0.6 is 22.9 Å². The maximum atomic E-state index is 12.2. The maximum absolute atomic E-state index is 12.2. The summed E-state index contributed by atoms with van der Waals surface area (Å²) in [5.41, 5.74) is 11.0. The molecule has 2 amide bonds. The lowest BCUT2D eigenvalue weighted by atomic mass is 10.2. The van der Waals surface area contributed by atoms with E-state index in [0.29, 0.717) is 15.6 Å². The van der Waals surface area contributed by atoms with Crippen molar-refractivity contribution in [2.24, 2.45) is 0 Å². The Kier molecular flexibility index (Phi) is 4.18. The molecule has 0 atom stereocenters. The number of hydrogen-bond acceptors (Lipinski definition) is 4. The van der Waals surface area contributed by atoms with Crippen molar-refractivity contribution in [2.75, 3.05) is 5.73 Å². The fraction of sp³-hybridized carbons (Fsp3) is 0. The van der Waals surface area contributed by atoms with Gasteiger partial charge in [0, 0.05) is 15.8 Å². The van der Waals surface area contributed by atoms with Crippen LogP contribution in [0, 0.1) is 0 Å². The third kappa shape index (κ3) is 2.99. The number of halogens is 1. The molecule has 2 aromatic carbocycles. The van der Waals surface area contributed by atoms with Crippen LogP contribution in [0.2, 0.25) is 5.02 Å². The molecule has 0 aliphatic rings. The molecular formula is C16H12ClN3O2S. The van der Waals surface area contributed by atoms with Gasteiger partial charge in [0.15, 0.2) is 0 Å². The highest BCUT2D eigenvalue weighted by Gasteiger charge is 2.18. The number of nitrogens with one attached hydrogen (secondary N) is 2. The number of para-hydroxylation sites is 1. The second-order valence-corrected chi connectivity index (χ2v) is 6.17. The standard InChI is InChI=1S/C16H12ClN3O2S/c17-13-10-6-2-4-8-12(10)23-14(13)16(22)20-19-15(21)9-5-1-3-7-11(9)18/h1-8H,18H2,(H,19,21)(H,20,22). The Bertz CT molecular complexity index is 907. The van der Waals surface area contributed by atoms with Crippen molar-refractivity contribution >= 4 is 50.5 Å². The molecule has 23 heavy (non-hydrogen) atoms. The highest BCUT2D eigenvalue weighted by Crippen LogP contribution is 2.34. The van der Waals surface area contributed by atoms with Gasteiger partial charge < -0.3 is 5.73 Å². The SMILES string of the molecule is Nc1ccccc1C(=O)NNC(=O)c1sc2ccccc2c1Cl. The predicted molar refractivity (Wildman–Crippen MR) is 92.6 cm³/mol. The van der Waals surface area contributed by atoms with Gasteiger partial charge in [-0.1, -0.05) is 41.9 Å². The van der Waals surface area contributed by atoms with E-state index in [-0.39, 0.29) is 5.56 Å². The molecule has 0 spiro atoms. The van der Waals surface area contributed by atoms with Crippen LogP contribution in [0.3, 0.4) is 0 Å². The molecule has 1 heterocycles. The Morgan fingerprint density at radius 3 is 2.35 bits per heavy atom. The van der Waals surface area contributed by atoms with Crippen LogP contribution in [0.25, 0.3) is 10.1 Å². The Hall–Kier alpha value is -2.57. The number of amides is 2. The first-order valence-electron chi connectivity index (χ1n) is 6.70. The van der Waals surface area contributed by atoms with E-state index in [9.17, 15) is 9.59 Å². The average Bonchev–Trinajstić information content (AvgIpc) is 2.90.